The van der Waals surface area contributed by atoms with Gasteiger partial charge in [0.25, 0.3) is 5.91 Å². The predicted octanol–water partition coefficient (Wildman–Crippen LogP) is 2.89. The van der Waals surface area contributed by atoms with Crippen molar-refractivity contribution in [2.45, 2.75) is 19.4 Å². The minimum Gasteiger partial charge on any atom is -0.496 e. The monoisotopic (exact) mass is 471 g/mol. The highest BCUT2D eigenvalue weighted by Gasteiger charge is 2.36. The SMILES string of the molecule is CCOC(=O)C(CCSC)NC(=O)c1cc(OC)c2c(c1)C(=O)c1cccc(OC)c1C2=O. The number of esters is 1. The van der Waals surface area contributed by atoms with E-state index in [9.17, 15) is 19.2 Å². The highest BCUT2D eigenvalue weighted by Crippen LogP contribution is 2.38. The van der Waals surface area contributed by atoms with Crippen LogP contribution in [0.4, 0.5) is 0 Å². The molecule has 3 rings (SSSR count). The average molecular weight is 472 g/mol. The Morgan fingerprint density at radius 2 is 1.70 bits per heavy atom. The van der Waals surface area contributed by atoms with E-state index in [4.69, 9.17) is 14.2 Å². The molecule has 1 aliphatic rings. The van der Waals surface area contributed by atoms with Crippen LogP contribution in [0.5, 0.6) is 11.5 Å². The van der Waals surface area contributed by atoms with Crippen molar-refractivity contribution in [1.29, 1.82) is 0 Å². The molecule has 0 heterocycles. The lowest BCUT2D eigenvalue weighted by atomic mass is 9.82. The first kappa shape index (κ1) is 24.3. The molecular weight excluding hydrogens is 446 g/mol. The highest BCUT2D eigenvalue weighted by molar-refractivity contribution is 7.98. The van der Waals surface area contributed by atoms with Crippen LogP contribution >= 0.6 is 11.8 Å². The van der Waals surface area contributed by atoms with Crippen LogP contribution < -0.4 is 14.8 Å². The van der Waals surface area contributed by atoms with Crippen molar-refractivity contribution in [3.63, 3.8) is 0 Å². The third-order valence-corrected chi connectivity index (χ3v) is 5.90. The van der Waals surface area contributed by atoms with Gasteiger partial charge in [0, 0.05) is 16.7 Å². The minimum absolute atomic E-state index is 0.0575. The average Bonchev–Trinajstić information content (AvgIpc) is 2.83. The van der Waals surface area contributed by atoms with E-state index < -0.39 is 29.5 Å². The van der Waals surface area contributed by atoms with Crippen molar-refractivity contribution in [3.8, 4) is 11.5 Å². The second kappa shape index (κ2) is 10.5. The third-order valence-electron chi connectivity index (χ3n) is 5.26. The zero-order valence-electron chi connectivity index (χ0n) is 18.9. The van der Waals surface area contributed by atoms with E-state index >= 15 is 0 Å². The molecule has 174 valence electrons. The molecule has 1 aliphatic carbocycles. The number of benzene rings is 2. The molecule has 1 N–H and O–H groups in total. The second-order valence-corrected chi connectivity index (χ2v) is 8.19. The van der Waals surface area contributed by atoms with Crippen LogP contribution in [0.1, 0.15) is 55.5 Å². The fourth-order valence-electron chi connectivity index (χ4n) is 3.68. The van der Waals surface area contributed by atoms with Gasteiger partial charge in [-0.3, -0.25) is 14.4 Å². The Morgan fingerprint density at radius 1 is 1.00 bits per heavy atom. The van der Waals surface area contributed by atoms with Crippen molar-refractivity contribution in [1.82, 2.24) is 5.32 Å². The number of hydrogen-bond acceptors (Lipinski definition) is 8. The van der Waals surface area contributed by atoms with Crippen LogP contribution in [0.25, 0.3) is 0 Å². The van der Waals surface area contributed by atoms with E-state index in [0.29, 0.717) is 12.2 Å². The number of rotatable bonds is 9. The standard InChI is InChI=1S/C24H25NO7S/c1-5-32-24(29)16(9-10-33-4)25-23(28)13-11-15-20(18(12-13)31-3)22(27)19-14(21(15)26)7-6-8-17(19)30-2/h6-8,11-12,16H,5,9-10H2,1-4H3,(H,25,28). The van der Waals surface area contributed by atoms with E-state index in [1.165, 1.54) is 38.1 Å². The Labute approximate surface area is 196 Å². The summed E-state index contributed by atoms with van der Waals surface area (Å²) >= 11 is 1.54. The van der Waals surface area contributed by atoms with Crippen LogP contribution in [0, 0.1) is 0 Å². The summed E-state index contributed by atoms with van der Waals surface area (Å²) in [7, 11) is 2.78. The number of amides is 1. The van der Waals surface area contributed by atoms with Gasteiger partial charge in [0.15, 0.2) is 5.78 Å². The molecule has 0 saturated carbocycles. The summed E-state index contributed by atoms with van der Waals surface area (Å²) in [4.78, 5) is 51.8. The van der Waals surface area contributed by atoms with E-state index in [-0.39, 0.29) is 45.9 Å². The second-order valence-electron chi connectivity index (χ2n) is 7.20. The van der Waals surface area contributed by atoms with Crippen molar-refractivity contribution in [2.75, 3.05) is 32.8 Å². The summed E-state index contributed by atoms with van der Waals surface area (Å²) < 4.78 is 15.7. The summed E-state index contributed by atoms with van der Waals surface area (Å²) in [6.45, 7) is 1.88. The topological polar surface area (TPSA) is 108 Å². The maximum atomic E-state index is 13.3. The smallest absolute Gasteiger partial charge is 0.328 e. The van der Waals surface area contributed by atoms with Gasteiger partial charge in [-0.1, -0.05) is 12.1 Å². The van der Waals surface area contributed by atoms with Gasteiger partial charge >= 0.3 is 5.97 Å². The van der Waals surface area contributed by atoms with Gasteiger partial charge in [0.1, 0.15) is 17.5 Å². The minimum atomic E-state index is -0.839. The first-order valence-electron chi connectivity index (χ1n) is 10.3. The van der Waals surface area contributed by atoms with E-state index in [1.54, 1.807) is 25.1 Å². The summed E-state index contributed by atoms with van der Waals surface area (Å²) in [5.74, 6) is -0.941. The number of carbonyl (C=O) groups excluding carboxylic acids is 4. The molecule has 0 fully saturated rings. The number of carbonyl (C=O) groups is 4. The number of ether oxygens (including phenoxy) is 3. The lowest BCUT2D eigenvalue weighted by Gasteiger charge is -2.22. The highest BCUT2D eigenvalue weighted by atomic mass is 32.2. The summed E-state index contributed by atoms with van der Waals surface area (Å²) in [6, 6.07) is 6.67. The van der Waals surface area contributed by atoms with Gasteiger partial charge in [-0.15, -0.1) is 0 Å². The van der Waals surface area contributed by atoms with Gasteiger partial charge in [-0.25, -0.2) is 4.79 Å². The van der Waals surface area contributed by atoms with Crippen molar-refractivity contribution in [2.24, 2.45) is 0 Å². The zero-order valence-corrected chi connectivity index (χ0v) is 19.7. The quantitative estimate of drug-likeness (QED) is 0.475. The number of hydrogen-bond donors (Lipinski definition) is 1. The molecule has 0 aromatic heterocycles. The number of methoxy groups -OCH3 is 2. The van der Waals surface area contributed by atoms with Gasteiger partial charge in [0.05, 0.1) is 32.0 Å². The molecule has 2 aromatic rings. The Morgan fingerprint density at radius 3 is 2.33 bits per heavy atom. The lowest BCUT2D eigenvalue weighted by molar-refractivity contribution is -0.145. The lowest BCUT2D eigenvalue weighted by Crippen LogP contribution is -2.42. The number of nitrogens with one attached hydrogen (secondary N) is 1. The molecule has 33 heavy (non-hydrogen) atoms. The largest absolute Gasteiger partial charge is 0.496 e. The van der Waals surface area contributed by atoms with Crippen molar-refractivity contribution in [3.05, 3.63) is 58.1 Å². The fraction of sp³-hybridized carbons (Fsp3) is 0.333. The molecule has 9 heteroatoms. The summed E-state index contributed by atoms with van der Waals surface area (Å²) in [5.41, 5.74) is 0.572. The third kappa shape index (κ3) is 4.73. The zero-order chi connectivity index (χ0) is 24.1. The first-order valence-corrected chi connectivity index (χ1v) is 11.7. The number of thioether (sulfide) groups is 1. The molecule has 0 radical (unpaired) electrons. The number of ketones is 2. The molecule has 1 atom stereocenters. The normalized spacial score (nSPS) is 13.0. The van der Waals surface area contributed by atoms with Crippen LogP contribution in [0.15, 0.2) is 30.3 Å². The van der Waals surface area contributed by atoms with Crippen molar-refractivity contribution >= 4 is 35.2 Å². The van der Waals surface area contributed by atoms with Gasteiger partial charge in [-0.2, -0.15) is 11.8 Å². The molecule has 8 nitrogen and oxygen atoms in total. The Hall–Kier alpha value is -3.33. The van der Waals surface area contributed by atoms with E-state index in [1.807, 2.05) is 6.26 Å². The van der Waals surface area contributed by atoms with Crippen LogP contribution in [-0.4, -0.2) is 62.3 Å². The van der Waals surface area contributed by atoms with Gasteiger partial charge in [-0.05, 0) is 43.6 Å². The molecule has 0 saturated heterocycles. The Balaban J connectivity index is 2.02. The fourth-order valence-corrected chi connectivity index (χ4v) is 4.16. The maximum Gasteiger partial charge on any atom is 0.328 e. The van der Waals surface area contributed by atoms with E-state index in [2.05, 4.69) is 5.32 Å². The number of fused-ring (bicyclic) bond motifs is 2. The summed E-state index contributed by atoms with van der Waals surface area (Å²) in [6.07, 6.45) is 2.28. The van der Waals surface area contributed by atoms with Crippen LogP contribution in [0.3, 0.4) is 0 Å². The molecule has 1 amide bonds. The molecule has 1 unspecified atom stereocenters. The van der Waals surface area contributed by atoms with Gasteiger partial charge < -0.3 is 19.5 Å². The first-order chi connectivity index (χ1) is 15.9. The Bertz CT molecular complexity index is 1110. The molecule has 0 bridgehead atoms. The van der Waals surface area contributed by atoms with E-state index in [0.717, 1.165) is 0 Å². The molecule has 0 aliphatic heterocycles. The van der Waals surface area contributed by atoms with Gasteiger partial charge in [0.2, 0.25) is 5.78 Å². The molecule has 2 aromatic carbocycles. The molecular formula is C24H25NO7S. The summed E-state index contributed by atoms with van der Waals surface area (Å²) in [5, 5.41) is 2.68. The van der Waals surface area contributed by atoms with Crippen molar-refractivity contribution < 1.29 is 33.4 Å². The molecule has 0 spiro atoms. The Kier molecular flexibility index (Phi) is 7.75. The van der Waals surface area contributed by atoms with Crippen LogP contribution in [-0.2, 0) is 9.53 Å². The van der Waals surface area contributed by atoms with Crippen LogP contribution in [0.2, 0.25) is 0 Å². The predicted molar refractivity (Wildman–Crippen MR) is 124 cm³/mol. The maximum absolute atomic E-state index is 13.3.